The van der Waals surface area contributed by atoms with E-state index in [4.69, 9.17) is 10.00 Å². The number of nitriles is 1. The molecule has 2 aromatic rings. The van der Waals surface area contributed by atoms with Crippen LogP contribution in [0.4, 0.5) is 0 Å². The fourth-order valence-electron chi connectivity index (χ4n) is 2.11. The van der Waals surface area contributed by atoms with Crippen molar-refractivity contribution in [3.63, 3.8) is 0 Å². The third-order valence-electron chi connectivity index (χ3n) is 3.04. The zero-order valence-corrected chi connectivity index (χ0v) is 12.6. The summed E-state index contributed by atoms with van der Waals surface area (Å²) in [5.74, 6) is 0.923. The number of imidazole rings is 1. The van der Waals surface area contributed by atoms with Crippen LogP contribution in [0.1, 0.15) is 45.5 Å². The lowest BCUT2D eigenvalue weighted by Crippen LogP contribution is -2.20. The molecule has 0 saturated carbocycles. The quantitative estimate of drug-likeness (QED) is 0.853. The summed E-state index contributed by atoms with van der Waals surface area (Å²) in [6.45, 7) is 9.64. The molecule has 0 radical (unpaired) electrons. The second kappa shape index (κ2) is 5.64. The van der Waals surface area contributed by atoms with Crippen molar-refractivity contribution < 1.29 is 4.74 Å². The Morgan fingerprint density at radius 1 is 1.35 bits per heavy atom. The molecule has 0 N–H and O–H groups in total. The lowest BCUT2D eigenvalue weighted by atomic mass is 10.2. The van der Waals surface area contributed by atoms with Gasteiger partial charge in [0.1, 0.15) is 12.4 Å². The van der Waals surface area contributed by atoms with Crippen LogP contribution in [-0.2, 0) is 17.9 Å². The van der Waals surface area contributed by atoms with Crippen LogP contribution in [-0.4, -0.2) is 15.2 Å². The molecule has 1 aromatic carbocycles. The first kappa shape index (κ1) is 14.5. The lowest BCUT2D eigenvalue weighted by Gasteiger charge is -2.19. The first-order valence-corrected chi connectivity index (χ1v) is 6.98. The Balaban J connectivity index is 2.42. The van der Waals surface area contributed by atoms with Gasteiger partial charge in [-0.25, -0.2) is 4.98 Å². The van der Waals surface area contributed by atoms with Gasteiger partial charge in [-0.1, -0.05) is 6.92 Å². The molecule has 1 heterocycles. The molecule has 1 aromatic heterocycles. The third kappa shape index (κ3) is 3.17. The average Bonchev–Trinajstić information content (AvgIpc) is 2.73. The topological polar surface area (TPSA) is 50.8 Å². The highest BCUT2D eigenvalue weighted by Gasteiger charge is 2.15. The Bertz CT molecular complexity index is 644. The maximum absolute atomic E-state index is 8.98. The lowest BCUT2D eigenvalue weighted by molar-refractivity contribution is -0.0191. The molecule has 20 heavy (non-hydrogen) atoms. The van der Waals surface area contributed by atoms with Gasteiger partial charge in [-0.15, -0.1) is 0 Å². The minimum Gasteiger partial charge on any atom is -0.368 e. The van der Waals surface area contributed by atoms with Gasteiger partial charge in [0.25, 0.3) is 0 Å². The number of benzene rings is 1. The Hall–Kier alpha value is -1.86. The highest BCUT2D eigenvalue weighted by Crippen LogP contribution is 2.20. The Morgan fingerprint density at radius 2 is 2.10 bits per heavy atom. The van der Waals surface area contributed by atoms with Crippen molar-refractivity contribution in [1.82, 2.24) is 9.55 Å². The number of hydrogen-bond donors (Lipinski definition) is 0. The molecular formula is C16H21N3O. The summed E-state index contributed by atoms with van der Waals surface area (Å²) >= 11 is 0. The highest BCUT2D eigenvalue weighted by molar-refractivity contribution is 5.77. The zero-order valence-electron chi connectivity index (χ0n) is 12.6. The maximum Gasteiger partial charge on any atom is 0.136 e. The SMILES string of the molecule is CCCn1c(COC(C)(C)C)nc2cc(C#N)ccc21. The van der Waals surface area contributed by atoms with Crippen molar-refractivity contribution in [3.8, 4) is 6.07 Å². The summed E-state index contributed by atoms with van der Waals surface area (Å²) < 4.78 is 8.02. The Labute approximate surface area is 120 Å². The van der Waals surface area contributed by atoms with Crippen molar-refractivity contribution in [3.05, 3.63) is 29.6 Å². The van der Waals surface area contributed by atoms with Crippen molar-refractivity contribution in [2.75, 3.05) is 0 Å². The molecule has 0 unspecified atom stereocenters. The van der Waals surface area contributed by atoms with Crippen LogP contribution in [0, 0.1) is 11.3 Å². The second-order valence-corrected chi connectivity index (χ2v) is 5.90. The third-order valence-corrected chi connectivity index (χ3v) is 3.04. The smallest absolute Gasteiger partial charge is 0.136 e. The molecule has 0 aliphatic rings. The molecule has 0 bridgehead atoms. The van der Waals surface area contributed by atoms with Gasteiger partial charge in [-0.3, -0.25) is 0 Å². The van der Waals surface area contributed by atoms with Gasteiger partial charge < -0.3 is 9.30 Å². The predicted octanol–water partition coefficient (Wildman–Crippen LogP) is 3.63. The average molecular weight is 271 g/mol. The molecule has 0 saturated heterocycles. The summed E-state index contributed by atoms with van der Waals surface area (Å²) in [5.41, 5.74) is 2.39. The summed E-state index contributed by atoms with van der Waals surface area (Å²) in [4.78, 5) is 4.63. The molecule has 0 atom stereocenters. The van der Waals surface area contributed by atoms with Crippen LogP contribution in [0.3, 0.4) is 0 Å². The fraction of sp³-hybridized carbons (Fsp3) is 0.500. The van der Waals surface area contributed by atoms with Gasteiger partial charge in [0, 0.05) is 6.54 Å². The molecule has 0 fully saturated rings. The molecule has 0 aliphatic heterocycles. The van der Waals surface area contributed by atoms with E-state index in [0.717, 1.165) is 29.8 Å². The van der Waals surface area contributed by atoms with Gasteiger partial charge in [0.15, 0.2) is 0 Å². The Morgan fingerprint density at radius 3 is 2.70 bits per heavy atom. The van der Waals surface area contributed by atoms with E-state index in [1.807, 2.05) is 39.0 Å². The van der Waals surface area contributed by atoms with E-state index in [2.05, 4.69) is 22.5 Å². The number of rotatable bonds is 4. The van der Waals surface area contributed by atoms with Crippen LogP contribution in [0.2, 0.25) is 0 Å². The summed E-state index contributed by atoms with van der Waals surface area (Å²) in [5, 5.41) is 8.98. The number of fused-ring (bicyclic) bond motifs is 1. The summed E-state index contributed by atoms with van der Waals surface area (Å²) in [6.07, 6.45) is 1.04. The molecule has 0 spiro atoms. The van der Waals surface area contributed by atoms with E-state index in [0.29, 0.717) is 12.2 Å². The van der Waals surface area contributed by atoms with Crippen LogP contribution in [0.25, 0.3) is 11.0 Å². The van der Waals surface area contributed by atoms with Gasteiger partial charge in [-0.2, -0.15) is 5.26 Å². The number of aromatic nitrogens is 2. The summed E-state index contributed by atoms with van der Waals surface area (Å²) in [6, 6.07) is 7.80. The zero-order chi connectivity index (χ0) is 14.8. The van der Waals surface area contributed by atoms with Gasteiger partial charge in [-0.05, 0) is 45.4 Å². The maximum atomic E-state index is 8.98. The van der Waals surface area contributed by atoms with Gasteiger partial charge >= 0.3 is 0 Å². The van der Waals surface area contributed by atoms with E-state index in [9.17, 15) is 0 Å². The monoisotopic (exact) mass is 271 g/mol. The highest BCUT2D eigenvalue weighted by atomic mass is 16.5. The van der Waals surface area contributed by atoms with Crippen molar-refractivity contribution >= 4 is 11.0 Å². The molecule has 4 nitrogen and oxygen atoms in total. The molecule has 0 aliphatic carbocycles. The van der Waals surface area contributed by atoms with Crippen molar-refractivity contribution in [2.24, 2.45) is 0 Å². The first-order valence-electron chi connectivity index (χ1n) is 6.98. The first-order chi connectivity index (χ1) is 9.44. The minimum absolute atomic E-state index is 0.188. The van der Waals surface area contributed by atoms with E-state index in [-0.39, 0.29) is 5.60 Å². The minimum atomic E-state index is -0.188. The fourth-order valence-corrected chi connectivity index (χ4v) is 2.11. The van der Waals surface area contributed by atoms with E-state index >= 15 is 0 Å². The Kier molecular flexibility index (Phi) is 4.10. The van der Waals surface area contributed by atoms with Crippen LogP contribution < -0.4 is 0 Å². The number of hydrogen-bond acceptors (Lipinski definition) is 3. The largest absolute Gasteiger partial charge is 0.368 e. The summed E-state index contributed by atoms with van der Waals surface area (Å²) in [7, 11) is 0. The van der Waals surface area contributed by atoms with Crippen LogP contribution in [0.15, 0.2) is 18.2 Å². The second-order valence-electron chi connectivity index (χ2n) is 5.90. The standard InChI is InChI=1S/C16H21N3O/c1-5-8-19-14-7-6-12(10-17)9-13(14)18-15(19)11-20-16(2,3)4/h6-7,9H,5,8,11H2,1-4H3. The predicted molar refractivity (Wildman–Crippen MR) is 79.3 cm³/mol. The normalized spacial score (nSPS) is 11.8. The molecule has 4 heteroatoms. The van der Waals surface area contributed by atoms with E-state index in [1.165, 1.54) is 0 Å². The van der Waals surface area contributed by atoms with Crippen LogP contribution in [0.5, 0.6) is 0 Å². The van der Waals surface area contributed by atoms with Gasteiger partial charge in [0.2, 0.25) is 0 Å². The van der Waals surface area contributed by atoms with Crippen LogP contribution >= 0.6 is 0 Å². The number of aryl methyl sites for hydroxylation is 1. The number of ether oxygens (including phenoxy) is 1. The van der Waals surface area contributed by atoms with E-state index < -0.39 is 0 Å². The van der Waals surface area contributed by atoms with Crippen molar-refractivity contribution in [1.29, 1.82) is 5.26 Å². The molecule has 106 valence electrons. The molecule has 0 amide bonds. The number of nitrogens with zero attached hydrogens (tertiary/aromatic N) is 3. The molecular weight excluding hydrogens is 250 g/mol. The van der Waals surface area contributed by atoms with Gasteiger partial charge in [0.05, 0.1) is 28.3 Å². The van der Waals surface area contributed by atoms with Crippen molar-refractivity contribution in [2.45, 2.75) is 52.9 Å². The van der Waals surface area contributed by atoms with E-state index in [1.54, 1.807) is 0 Å². The molecule has 2 rings (SSSR count).